The quantitative estimate of drug-likeness (QED) is 0.571. The summed E-state index contributed by atoms with van der Waals surface area (Å²) in [5.74, 6) is -0.930. The molecular weight excluding hydrogens is 238 g/mol. The van der Waals surface area contributed by atoms with Crippen molar-refractivity contribution in [3.63, 3.8) is 0 Å². The molecule has 0 aromatic carbocycles. The Kier molecular flexibility index (Phi) is 6.01. The first kappa shape index (κ1) is 16.1. The van der Waals surface area contributed by atoms with Gasteiger partial charge in [-0.3, -0.25) is 10.1 Å². The number of Topliss-reactive ketones (excluding diaryl/α,β-unsaturated/α-hetero) is 1. The fraction of sp³-hybridized carbons (Fsp3) is 0.636. The zero-order valence-electron chi connectivity index (χ0n) is 11.1. The predicted octanol–water partition coefficient (Wildman–Crippen LogP) is 0.722. The SMILES string of the molecule is CC(=O)CCC(=O)NC(N)=NC(=O)OC(C)(C)C. The molecule has 0 spiro atoms. The molecule has 7 nitrogen and oxygen atoms in total. The average molecular weight is 257 g/mol. The molecule has 0 unspecified atom stereocenters. The average Bonchev–Trinajstić information content (AvgIpc) is 2.10. The third-order valence-corrected chi connectivity index (χ3v) is 1.58. The van der Waals surface area contributed by atoms with E-state index < -0.39 is 17.6 Å². The van der Waals surface area contributed by atoms with E-state index >= 15 is 0 Å². The summed E-state index contributed by atoms with van der Waals surface area (Å²) in [4.78, 5) is 36.5. The second-order valence-electron chi connectivity index (χ2n) is 4.73. The first-order valence-corrected chi connectivity index (χ1v) is 5.46. The summed E-state index contributed by atoms with van der Waals surface area (Å²) in [5, 5.41) is 2.19. The van der Waals surface area contributed by atoms with Gasteiger partial charge in [-0.25, -0.2) is 4.79 Å². The van der Waals surface area contributed by atoms with Crippen molar-refractivity contribution in [3.8, 4) is 0 Å². The highest BCUT2D eigenvalue weighted by atomic mass is 16.6. The number of hydrogen-bond donors (Lipinski definition) is 2. The Balaban J connectivity index is 4.22. The first-order valence-electron chi connectivity index (χ1n) is 5.46. The summed E-state index contributed by atoms with van der Waals surface area (Å²) >= 11 is 0. The maximum Gasteiger partial charge on any atom is 0.437 e. The fourth-order valence-corrected chi connectivity index (χ4v) is 0.906. The molecule has 102 valence electrons. The number of guanidine groups is 1. The smallest absolute Gasteiger partial charge is 0.437 e. The standard InChI is InChI=1S/C11H19N3O4/c1-7(15)5-6-8(16)13-9(12)14-10(17)18-11(2,3)4/h5-6H2,1-4H3,(H3,12,13,14,16,17). The summed E-state index contributed by atoms with van der Waals surface area (Å²) in [6.45, 7) is 6.43. The molecule has 0 saturated carbocycles. The van der Waals surface area contributed by atoms with Crippen molar-refractivity contribution in [2.75, 3.05) is 0 Å². The number of rotatable bonds is 3. The van der Waals surface area contributed by atoms with Gasteiger partial charge in [-0.1, -0.05) is 0 Å². The third kappa shape index (κ3) is 9.32. The largest absolute Gasteiger partial charge is 0.442 e. The molecule has 0 aliphatic heterocycles. The van der Waals surface area contributed by atoms with Crippen LogP contribution in [0.5, 0.6) is 0 Å². The van der Waals surface area contributed by atoms with Gasteiger partial charge >= 0.3 is 6.09 Å². The van der Waals surface area contributed by atoms with Crippen molar-refractivity contribution >= 4 is 23.7 Å². The zero-order chi connectivity index (χ0) is 14.3. The Morgan fingerprint density at radius 2 is 1.78 bits per heavy atom. The maximum absolute atomic E-state index is 11.2. The zero-order valence-corrected chi connectivity index (χ0v) is 11.1. The topological polar surface area (TPSA) is 111 Å². The lowest BCUT2D eigenvalue weighted by atomic mass is 10.2. The minimum Gasteiger partial charge on any atom is -0.442 e. The van der Waals surface area contributed by atoms with Crippen molar-refractivity contribution in [2.45, 2.75) is 46.1 Å². The molecule has 18 heavy (non-hydrogen) atoms. The molecule has 0 rings (SSSR count). The third-order valence-electron chi connectivity index (χ3n) is 1.58. The van der Waals surface area contributed by atoms with Gasteiger partial charge in [0, 0.05) is 12.8 Å². The van der Waals surface area contributed by atoms with Crippen LogP contribution in [0.3, 0.4) is 0 Å². The van der Waals surface area contributed by atoms with Crippen LogP contribution in [0.4, 0.5) is 4.79 Å². The van der Waals surface area contributed by atoms with Gasteiger partial charge in [0.25, 0.3) is 0 Å². The van der Waals surface area contributed by atoms with Gasteiger partial charge in [0.2, 0.25) is 11.9 Å². The lowest BCUT2D eigenvalue weighted by Crippen LogP contribution is -2.38. The van der Waals surface area contributed by atoms with Crippen LogP contribution in [0.25, 0.3) is 0 Å². The molecule has 0 aliphatic carbocycles. The van der Waals surface area contributed by atoms with Crippen LogP contribution >= 0.6 is 0 Å². The van der Waals surface area contributed by atoms with E-state index in [2.05, 4.69) is 10.3 Å². The molecule has 0 atom stereocenters. The van der Waals surface area contributed by atoms with E-state index in [0.717, 1.165) is 0 Å². The molecule has 0 aromatic heterocycles. The van der Waals surface area contributed by atoms with E-state index in [-0.39, 0.29) is 24.6 Å². The van der Waals surface area contributed by atoms with Gasteiger partial charge in [-0.15, -0.1) is 4.99 Å². The monoisotopic (exact) mass is 257 g/mol. The van der Waals surface area contributed by atoms with Gasteiger partial charge < -0.3 is 15.3 Å². The van der Waals surface area contributed by atoms with Crippen molar-refractivity contribution in [1.29, 1.82) is 0 Å². The Hall–Kier alpha value is -1.92. The second-order valence-corrected chi connectivity index (χ2v) is 4.73. The Bertz CT molecular complexity index is 369. The van der Waals surface area contributed by atoms with Crippen LogP contribution < -0.4 is 11.1 Å². The summed E-state index contributed by atoms with van der Waals surface area (Å²) in [6, 6.07) is 0. The maximum atomic E-state index is 11.2. The number of nitrogens with two attached hydrogens (primary N) is 1. The number of aliphatic imine (C=N–C) groups is 1. The van der Waals surface area contributed by atoms with Crippen molar-refractivity contribution < 1.29 is 19.1 Å². The van der Waals surface area contributed by atoms with Gasteiger partial charge in [0.1, 0.15) is 11.4 Å². The van der Waals surface area contributed by atoms with E-state index in [9.17, 15) is 14.4 Å². The molecule has 0 fully saturated rings. The van der Waals surface area contributed by atoms with Crippen LogP contribution in [0, 0.1) is 0 Å². The number of amides is 2. The number of ketones is 1. The van der Waals surface area contributed by atoms with Crippen molar-refractivity contribution in [3.05, 3.63) is 0 Å². The Labute approximate surface area is 106 Å². The highest BCUT2D eigenvalue weighted by molar-refractivity contribution is 6.00. The van der Waals surface area contributed by atoms with Crippen LogP contribution in [0.2, 0.25) is 0 Å². The van der Waals surface area contributed by atoms with E-state index in [4.69, 9.17) is 10.5 Å². The molecule has 0 radical (unpaired) electrons. The molecule has 0 saturated heterocycles. The highest BCUT2D eigenvalue weighted by Gasteiger charge is 2.16. The van der Waals surface area contributed by atoms with Gasteiger partial charge in [-0.2, -0.15) is 0 Å². The summed E-state index contributed by atoms with van der Waals surface area (Å²) in [7, 11) is 0. The Morgan fingerprint density at radius 1 is 1.22 bits per heavy atom. The van der Waals surface area contributed by atoms with E-state index in [1.807, 2.05) is 0 Å². The van der Waals surface area contributed by atoms with Crippen LogP contribution in [0.15, 0.2) is 4.99 Å². The van der Waals surface area contributed by atoms with Crippen LogP contribution in [0.1, 0.15) is 40.5 Å². The molecule has 0 heterocycles. The lowest BCUT2D eigenvalue weighted by molar-refractivity contribution is -0.123. The molecule has 0 aromatic rings. The summed E-state index contributed by atoms with van der Waals surface area (Å²) in [5.41, 5.74) is 4.65. The van der Waals surface area contributed by atoms with Gasteiger partial charge in [0.15, 0.2) is 0 Å². The van der Waals surface area contributed by atoms with E-state index in [1.54, 1.807) is 20.8 Å². The number of carbonyl (C=O) groups is 3. The molecule has 2 amide bonds. The fourth-order valence-electron chi connectivity index (χ4n) is 0.906. The minimum atomic E-state index is -0.883. The number of nitrogens with zero attached hydrogens (tertiary/aromatic N) is 1. The normalized spacial score (nSPS) is 11.9. The first-order chi connectivity index (χ1) is 8.10. The molecule has 0 aliphatic rings. The number of hydrogen-bond acceptors (Lipinski definition) is 4. The summed E-state index contributed by atoms with van der Waals surface area (Å²) < 4.78 is 4.88. The molecule has 7 heteroatoms. The van der Waals surface area contributed by atoms with Crippen LogP contribution in [-0.2, 0) is 14.3 Å². The van der Waals surface area contributed by atoms with Crippen molar-refractivity contribution in [2.24, 2.45) is 10.7 Å². The van der Waals surface area contributed by atoms with E-state index in [1.165, 1.54) is 6.92 Å². The number of nitrogens with one attached hydrogen (secondary N) is 1. The van der Waals surface area contributed by atoms with Crippen molar-refractivity contribution in [1.82, 2.24) is 5.32 Å². The number of ether oxygens (including phenoxy) is 1. The summed E-state index contributed by atoms with van der Waals surface area (Å²) in [6.07, 6.45) is -0.766. The Morgan fingerprint density at radius 3 is 2.22 bits per heavy atom. The number of carbonyl (C=O) groups excluding carboxylic acids is 3. The van der Waals surface area contributed by atoms with E-state index in [0.29, 0.717) is 0 Å². The minimum absolute atomic E-state index is 0.000127. The molecule has 0 bridgehead atoms. The highest BCUT2D eigenvalue weighted by Crippen LogP contribution is 2.07. The predicted molar refractivity (Wildman–Crippen MR) is 65.9 cm³/mol. The molecule has 3 N–H and O–H groups in total. The van der Waals surface area contributed by atoms with Gasteiger partial charge in [0.05, 0.1) is 0 Å². The lowest BCUT2D eigenvalue weighted by Gasteiger charge is -2.17. The molecular formula is C11H19N3O4. The van der Waals surface area contributed by atoms with Gasteiger partial charge in [-0.05, 0) is 27.7 Å². The van der Waals surface area contributed by atoms with Crippen LogP contribution in [-0.4, -0.2) is 29.3 Å². The second kappa shape index (κ2) is 6.73.